The number of aryl methyl sites for hydroxylation is 1. The highest BCUT2D eigenvalue weighted by molar-refractivity contribution is 7.89. The monoisotopic (exact) mass is 429 g/mol. The van der Waals surface area contributed by atoms with E-state index in [-0.39, 0.29) is 16.8 Å². The maximum Gasteiger partial charge on any atom is 0.257 e. The lowest BCUT2D eigenvalue weighted by Crippen LogP contribution is -2.37. The van der Waals surface area contributed by atoms with E-state index in [2.05, 4.69) is 10.8 Å². The summed E-state index contributed by atoms with van der Waals surface area (Å²) in [7, 11) is -2.04. The molecule has 4 rings (SSSR count). The highest BCUT2D eigenvalue weighted by Crippen LogP contribution is 2.33. The first-order valence-corrected chi connectivity index (χ1v) is 12.3. The van der Waals surface area contributed by atoms with Crippen molar-refractivity contribution in [3.05, 3.63) is 52.3 Å². The summed E-state index contributed by atoms with van der Waals surface area (Å²) in [4.78, 5) is 15.3. The fourth-order valence-corrected chi connectivity index (χ4v) is 6.64. The van der Waals surface area contributed by atoms with Crippen LogP contribution in [-0.2, 0) is 23.5 Å². The molecule has 0 spiro atoms. The van der Waals surface area contributed by atoms with Crippen LogP contribution in [0.5, 0.6) is 0 Å². The third-order valence-corrected chi connectivity index (χ3v) is 8.35. The van der Waals surface area contributed by atoms with Crippen molar-refractivity contribution in [3.63, 3.8) is 0 Å². The van der Waals surface area contributed by atoms with Crippen LogP contribution in [0.1, 0.15) is 71.0 Å². The lowest BCUT2D eigenvalue weighted by Gasteiger charge is -2.28. The number of amides is 1. The van der Waals surface area contributed by atoms with E-state index in [9.17, 15) is 13.2 Å². The van der Waals surface area contributed by atoms with Crippen molar-refractivity contribution < 1.29 is 13.2 Å². The Morgan fingerprint density at radius 1 is 1.03 bits per heavy atom. The maximum absolute atomic E-state index is 13.6. The van der Waals surface area contributed by atoms with E-state index >= 15 is 0 Å². The number of carbonyl (C=O) groups is 1. The van der Waals surface area contributed by atoms with Crippen LogP contribution in [0.3, 0.4) is 0 Å². The second-order valence-corrected chi connectivity index (χ2v) is 10.2. The molecule has 0 radical (unpaired) electrons. The predicted molar refractivity (Wildman–Crippen MR) is 117 cm³/mol. The number of rotatable bonds is 4. The van der Waals surface area contributed by atoms with E-state index in [0.29, 0.717) is 30.0 Å². The Kier molecular flexibility index (Phi) is 5.77. The number of hydrogen-bond acceptors (Lipinski definition) is 3. The Labute approximate surface area is 179 Å². The Hall–Kier alpha value is -2.12. The van der Waals surface area contributed by atoms with Crippen LogP contribution in [-0.4, -0.2) is 36.9 Å². The minimum Gasteiger partial charge on any atom is -0.350 e. The summed E-state index contributed by atoms with van der Waals surface area (Å²) in [6.45, 7) is 4.99. The fourth-order valence-electron chi connectivity index (χ4n) is 4.88. The molecule has 1 amide bonds. The first-order chi connectivity index (χ1) is 14.3. The van der Waals surface area contributed by atoms with Gasteiger partial charge in [0.25, 0.3) is 5.91 Å². The first kappa shape index (κ1) is 21.1. The number of likely N-dealkylation sites (tertiary alicyclic amines) is 1. The third kappa shape index (κ3) is 3.69. The highest BCUT2D eigenvalue weighted by Gasteiger charge is 2.35. The molecule has 0 unspecified atom stereocenters. The number of aromatic nitrogens is 1. The quantitative estimate of drug-likeness (QED) is 0.807. The van der Waals surface area contributed by atoms with Crippen molar-refractivity contribution >= 4 is 15.9 Å². The molecule has 1 N–H and O–H groups in total. The van der Waals surface area contributed by atoms with Gasteiger partial charge in [0.15, 0.2) is 0 Å². The second kappa shape index (κ2) is 8.19. The highest BCUT2D eigenvalue weighted by atomic mass is 32.2. The minimum absolute atomic E-state index is 0.140. The van der Waals surface area contributed by atoms with E-state index in [1.807, 2.05) is 36.7 Å². The van der Waals surface area contributed by atoms with E-state index in [1.54, 1.807) is 11.8 Å². The Bertz CT molecular complexity index is 1070. The van der Waals surface area contributed by atoms with Gasteiger partial charge in [0.2, 0.25) is 10.0 Å². The lowest BCUT2D eigenvalue weighted by atomic mass is 9.88. The van der Waals surface area contributed by atoms with Gasteiger partial charge in [0, 0.05) is 37.6 Å². The van der Waals surface area contributed by atoms with E-state index in [1.165, 1.54) is 5.56 Å². The molecule has 1 aliphatic heterocycles. The summed E-state index contributed by atoms with van der Waals surface area (Å²) in [6.07, 6.45) is 5.72. The van der Waals surface area contributed by atoms with Gasteiger partial charge >= 0.3 is 0 Å². The van der Waals surface area contributed by atoms with Crippen molar-refractivity contribution in [1.82, 2.24) is 14.2 Å². The van der Waals surface area contributed by atoms with Crippen LogP contribution in [0.2, 0.25) is 0 Å². The van der Waals surface area contributed by atoms with Crippen LogP contribution in [0.25, 0.3) is 0 Å². The lowest BCUT2D eigenvalue weighted by molar-refractivity contribution is 0.0719. The van der Waals surface area contributed by atoms with Gasteiger partial charge in [-0.1, -0.05) is 24.3 Å². The molecule has 1 fully saturated rings. The zero-order chi connectivity index (χ0) is 21.5. The Balaban J connectivity index is 1.73. The molecule has 1 aliphatic carbocycles. The summed E-state index contributed by atoms with van der Waals surface area (Å²) in [5, 5.41) is 0. The van der Waals surface area contributed by atoms with Crippen LogP contribution in [0.4, 0.5) is 0 Å². The number of carbonyl (C=O) groups excluding carboxylic acids is 1. The zero-order valence-corrected chi connectivity index (χ0v) is 18.9. The fraction of sp³-hybridized carbons (Fsp3) is 0.522. The Morgan fingerprint density at radius 2 is 1.73 bits per heavy atom. The van der Waals surface area contributed by atoms with Crippen molar-refractivity contribution in [3.8, 4) is 0 Å². The van der Waals surface area contributed by atoms with Crippen LogP contribution < -0.4 is 4.72 Å². The van der Waals surface area contributed by atoms with Gasteiger partial charge in [-0.15, -0.1) is 0 Å². The molecule has 0 saturated carbocycles. The zero-order valence-electron chi connectivity index (χ0n) is 18.1. The normalized spacial score (nSPS) is 19.6. The molecule has 1 aromatic carbocycles. The van der Waals surface area contributed by atoms with Crippen LogP contribution in [0, 0.1) is 13.8 Å². The van der Waals surface area contributed by atoms with Crippen molar-refractivity contribution in [2.24, 2.45) is 7.05 Å². The summed E-state index contributed by atoms with van der Waals surface area (Å²) >= 11 is 0. The molecule has 162 valence electrons. The number of sulfonamides is 1. The van der Waals surface area contributed by atoms with E-state index in [0.717, 1.165) is 44.1 Å². The summed E-state index contributed by atoms with van der Waals surface area (Å²) in [5.74, 6) is -0.166. The third-order valence-electron chi connectivity index (χ3n) is 6.72. The minimum atomic E-state index is -3.87. The number of nitrogens with zero attached hydrogens (tertiary/aromatic N) is 2. The largest absolute Gasteiger partial charge is 0.350 e. The number of piperidine rings is 1. The topological polar surface area (TPSA) is 71.4 Å². The van der Waals surface area contributed by atoms with Crippen molar-refractivity contribution in [2.45, 2.75) is 63.3 Å². The van der Waals surface area contributed by atoms with Gasteiger partial charge in [0.1, 0.15) is 4.90 Å². The average Bonchev–Trinajstić information content (AvgIpc) is 2.98. The summed E-state index contributed by atoms with van der Waals surface area (Å²) in [5.41, 5.74) is 3.87. The first-order valence-electron chi connectivity index (χ1n) is 10.9. The predicted octanol–water partition coefficient (Wildman–Crippen LogP) is 3.62. The average molecular weight is 430 g/mol. The van der Waals surface area contributed by atoms with Crippen molar-refractivity contribution in [2.75, 3.05) is 13.1 Å². The summed E-state index contributed by atoms with van der Waals surface area (Å²) in [6, 6.07) is 7.76. The molecule has 7 heteroatoms. The summed E-state index contributed by atoms with van der Waals surface area (Å²) < 4.78 is 32.0. The van der Waals surface area contributed by atoms with Crippen LogP contribution >= 0.6 is 0 Å². The van der Waals surface area contributed by atoms with Crippen LogP contribution in [0.15, 0.2) is 29.2 Å². The van der Waals surface area contributed by atoms with Gasteiger partial charge < -0.3 is 9.47 Å². The molecule has 1 atom stereocenters. The molecular formula is C23H31N3O3S. The molecule has 30 heavy (non-hydrogen) atoms. The smallest absolute Gasteiger partial charge is 0.257 e. The molecule has 6 nitrogen and oxygen atoms in total. The Morgan fingerprint density at radius 3 is 2.47 bits per heavy atom. The van der Waals surface area contributed by atoms with Gasteiger partial charge in [-0.2, -0.15) is 0 Å². The number of hydrogen-bond donors (Lipinski definition) is 1. The molecule has 2 aromatic rings. The van der Waals surface area contributed by atoms with Gasteiger partial charge in [-0.3, -0.25) is 4.79 Å². The van der Waals surface area contributed by atoms with Gasteiger partial charge in [-0.05, 0) is 63.5 Å². The molecule has 2 aliphatic rings. The SMILES string of the molecule is Cc1c(C(=O)N2CCCCC2)c(S(=O)(=O)N[C@H]2CCCc3ccccc32)c(C)n1C. The van der Waals surface area contributed by atoms with Gasteiger partial charge in [0.05, 0.1) is 5.56 Å². The van der Waals surface area contributed by atoms with Crippen molar-refractivity contribution in [1.29, 1.82) is 0 Å². The second-order valence-electron chi connectivity index (χ2n) is 8.55. The molecule has 0 bridgehead atoms. The maximum atomic E-state index is 13.6. The standard InChI is InChI=1S/C23H31N3O3S/c1-16-21(23(27)26-14-7-4-8-15-26)22(17(2)25(16)3)30(28,29)24-20-13-9-11-18-10-5-6-12-19(18)20/h5-6,10,12,20,24H,4,7-9,11,13-15H2,1-3H3/t20-/m0/s1. The van der Waals surface area contributed by atoms with E-state index < -0.39 is 10.0 Å². The van der Waals surface area contributed by atoms with E-state index in [4.69, 9.17) is 0 Å². The molecule has 2 heterocycles. The molecule has 1 saturated heterocycles. The van der Waals surface area contributed by atoms with Gasteiger partial charge in [-0.25, -0.2) is 13.1 Å². The number of nitrogens with one attached hydrogen (secondary N) is 1. The molecular weight excluding hydrogens is 398 g/mol. The number of benzene rings is 1. The number of fused-ring (bicyclic) bond motifs is 1. The molecule has 1 aromatic heterocycles.